The minimum absolute atomic E-state index is 0.116. The maximum Gasteiger partial charge on any atom is 0.318 e. The van der Waals surface area contributed by atoms with Crippen molar-refractivity contribution in [3.8, 4) is 0 Å². The number of ether oxygens (including phenoxy) is 2. The largest absolute Gasteiger partial charge is 0.463 e. The molecule has 214 valence electrons. The van der Waals surface area contributed by atoms with Crippen molar-refractivity contribution in [3.05, 3.63) is 24.3 Å². The van der Waals surface area contributed by atoms with Gasteiger partial charge < -0.3 is 9.47 Å². The maximum absolute atomic E-state index is 13.7. The summed E-state index contributed by atoms with van der Waals surface area (Å²) in [7, 11) is 0. The quantitative estimate of drug-likeness (QED) is 0.217. The van der Waals surface area contributed by atoms with Crippen molar-refractivity contribution in [2.45, 2.75) is 99.5 Å². The van der Waals surface area contributed by atoms with Crippen LogP contribution < -0.4 is 0 Å². The second-order valence-corrected chi connectivity index (χ2v) is 15.1. The van der Waals surface area contributed by atoms with Gasteiger partial charge in [-0.25, -0.2) is 0 Å². The molecule has 39 heavy (non-hydrogen) atoms. The van der Waals surface area contributed by atoms with Crippen LogP contribution >= 0.6 is 0 Å². The van der Waals surface area contributed by atoms with E-state index in [1.54, 1.807) is 0 Å². The summed E-state index contributed by atoms with van der Waals surface area (Å²) in [5.74, 6) is 1.10. The van der Waals surface area contributed by atoms with Crippen LogP contribution in [0, 0.1) is 69.0 Å². The Bertz CT molecular complexity index is 1140. The van der Waals surface area contributed by atoms with E-state index in [1.165, 1.54) is 19.8 Å². The summed E-state index contributed by atoms with van der Waals surface area (Å²) in [6.07, 6.45) is 16.2. The molecule has 2 bridgehead atoms. The molecule has 7 aliphatic rings. The summed E-state index contributed by atoms with van der Waals surface area (Å²) >= 11 is 0. The monoisotopic (exact) mass is 536 g/mol. The van der Waals surface area contributed by atoms with Crippen LogP contribution in [0.15, 0.2) is 24.3 Å². The maximum atomic E-state index is 13.7. The molecule has 7 rings (SSSR count). The summed E-state index contributed by atoms with van der Waals surface area (Å²) in [5.41, 5.74) is -0.846. The summed E-state index contributed by atoms with van der Waals surface area (Å²) in [6.45, 7) is 15.6. The number of carbonyl (C=O) groups excluding carboxylic acids is 3. The topological polar surface area (TPSA) is 69.7 Å². The van der Waals surface area contributed by atoms with Crippen molar-refractivity contribution < 1.29 is 23.9 Å². The first kappa shape index (κ1) is 27.3. The summed E-state index contributed by atoms with van der Waals surface area (Å²) in [5, 5.41) is 0. The third-order valence-electron chi connectivity index (χ3n) is 13.5. The van der Waals surface area contributed by atoms with Gasteiger partial charge in [0.15, 0.2) is 0 Å². The number of allylic oxidation sites excluding steroid dienone is 4. The number of hydrogen-bond donors (Lipinski definition) is 0. The Hall–Kier alpha value is -1.91. The van der Waals surface area contributed by atoms with Gasteiger partial charge >= 0.3 is 17.9 Å². The first-order valence-corrected chi connectivity index (χ1v) is 15.6. The van der Waals surface area contributed by atoms with Gasteiger partial charge in [0.25, 0.3) is 0 Å². The minimum Gasteiger partial charge on any atom is -0.463 e. The smallest absolute Gasteiger partial charge is 0.318 e. The Balaban J connectivity index is 1.42. The molecular weight excluding hydrogens is 488 g/mol. The number of esters is 3. The van der Waals surface area contributed by atoms with E-state index in [1.807, 2.05) is 0 Å². The Morgan fingerprint density at radius 3 is 2.36 bits per heavy atom. The number of fused-ring (bicyclic) bond motifs is 1. The third-order valence-corrected chi connectivity index (χ3v) is 13.5. The molecule has 0 aromatic heterocycles. The van der Waals surface area contributed by atoms with Crippen LogP contribution in [0.4, 0.5) is 0 Å². The second kappa shape index (κ2) is 8.79. The minimum atomic E-state index is -0.500. The third kappa shape index (κ3) is 3.40. The molecule has 1 aliphatic heterocycles. The Morgan fingerprint density at radius 1 is 0.949 bits per heavy atom. The zero-order valence-corrected chi connectivity index (χ0v) is 25.0. The molecule has 12 atom stereocenters. The Kier molecular flexibility index (Phi) is 6.15. The number of hydrogen-bond acceptors (Lipinski definition) is 5. The molecule has 0 aromatic carbocycles. The zero-order valence-electron chi connectivity index (χ0n) is 25.0. The molecule has 5 nitrogen and oxygen atoms in total. The molecule has 6 aliphatic carbocycles. The molecule has 0 amide bonds. The average molecular weight is 537 g/mol. The van der Waals surface area contributed by atoms with Crippen LogP contribution in [-0.4, -0.2) is 24.0 Å². The number of rotatable bonds is 5. The molecule has 2 spiro atoms. The molecule has 4 saturated carbocycles. The highest BCUT2D eigenvalue weighted by molar-refractivity contribution is 5.99. The SMILES string of the molecule is CC(=O)O[C@@H]1CC[C@@]2(C)[C@@H]3CC[C@]4(C)[C@H]([C@H](C)/C=C/[C@H](C)C(C)C)CC[C@@H]4[C@@]34C=C[C@@]2(C1)[C@H]1C(=O)OC(=O)[C@@H]14. The van der Waals surface area contributed by atoms with E-state index in [4.69, 9.17) is 9.47 Å². The lowest BCUT2D eigenvalue weighted by atomic mass is 9.28. The van der Waals surface area contributed by atoms with Gasteiger partial charge in [-0.3, -0.25) is 14.4 Å². The normalized spacial score (nSPS) is 49.3. The standard InChI is InChI=1S/C34H48O5/c1-19(2)20(3)8-9-21(4)24-10-11-25-31(24,6)14-13-26-32(7)15-12-23(38-22(5)35)18-33(32)16-17-34(25,26)28-27(33)29(36)39-30(28)37/h8-9,16-17,19-21,23-28H,10-15,18H2,1-7H3/b9-8+/t20-,21+,23+,24-,25-,26-,27+,28+,31+,32-,33+,34-/m0/s1. The van der Waals surface area contributed by atoms with Gasteiger partial charge in [-0.2, -0.15) is 0 Å². The fourth-order valence-corrected chi connectivity index (χ4v) is 11.5. The van der Waals surface area contributed by atoms with Crippen molar-refractivity contribution >= 4 is 17.9 Å². The molecule has 5 fully saturated rings. The van der Waals surface area contributed by atoms with Gasteiger partial charge in [0.05, 0.1) is 11.8 Å². The molecule has 1 heterocycles. The van der Waals surface area contributed by atoms with Crippen LogP contribution in [0.3, 0.4) is 0 Å². The van der Waals surface area contributed by atoms with E-state index in [0.717, 1.165) is 25.7 Å². The van der Waals surface area contributed by atoms with E-state index < -0.39 is 17.3 Å². The molecule has 0 unspecified atom stereocenters. The van der Waals surface area contributed by atoms with E-state index in [9.17, 15) is 14.4 Å². The molecule has 0 aromatic rings. The molecule has 0 N–H and O–H groups in total. The van der Waals surface area contributed by atoms with Crippen LogP contribution in [-0.2, 0) is 23.9 Å². The van der Waals surface area contributed by atoms with E-state index in [-0.39, 0.29) is 40.3 Å². The van der Waals surface area contributed by atoms with Gasteiger partial charge in [-0.15, -0.1) is 0 Å². The van der Waals surface area contributed by atoms with Crippen molar-refractivity contribution in [1.82, 2.24) is 0 Å². The van der Waals surface area contributed by atoms with Crippen molar-refractivity contribution in [1.29, 1.82) is 0 Å². The summed E-state index contributed by atoms with van der Waals surface area (Å²) < 4.78 is 11.3. The van der Waals surface area contributed by atoms with Crippen LogP contribution in [0.2, 0.25) is 0 Å². The van der Waals surface area contributed by atoms with E-state index >= 15 is 0 Å². The highest BCUT2D eigenvalue weighted by Crippen LogP contribution is 2.82. The van der Waals surface area contributed by atoms with Crippen molar-refractivity contribution in [3.63, 3.8) is 0 Å². The summed E-state index contributed by atoms with van der Waals surface area (Å²) in [6, 6.07) is 0. The van der Waals surface area contributed by atoms with Crippen molar-refractivity contribution in [2.24, 2.45) is 69.0 Å². The van der Waals surface area contributed by atoms with Gasteiger partial charge in [0.1, 0.15) is 6.10 Å². The number of carbonyl (C=O) groups is 3. The highest BCUT2D eigenvalue weighted by atomic mass is 16.6. The Labute approximate surface area is 234 Å². The molecule has 5 heteroatoms. The first-order chi connectivity index (χ1) is 18.3. The molecule has 0 radical (unpaired) electrons. The lowest BCUT2D eigenvalue weighted by molar-refractivity contribution is -0.243. The number of cyclic esters (lactones) is 2. The summed E-state index contributed by atoms with van der Waals surface area (Å²) in [4.78, 5) is 39.1. The molecule has 1 saturated heterocycles. The van der Waals surface area contributed by atoms with Gasteiger partial charge in [-0.05, 0) is 91.3 Å². The van der Waals surface area contributed by atoms with Gasteiger partial charge in [0, 0.05) is 17.8 Å². The average Bonchev–Trinajstić information content (AvgIpc) is 3.39. The Morgan fingerprint density at radius 2 is 1.67 bits per heavy atom. The van der Waals surface area contributed by atoms with E-state index in [2.05, 4.69) is 65.8 Å². The van der Waals surface area contributed by atoms with Crippen LogP contribution in [0.25, 0.3) is 0 Å². The van der Waals surface area contributed by atoms with Gasteiger partial charge in [-0.1, -0.05) is 65.8 Å². The lowest BCUT2D eigenvalue weighted by Gasteiger charge is -2.74. The lowest BCUT2D eigenvalue weighted by Crippen LogP contribution is -2.72. The zero-order chi connectivity index (χ0) is 28.1. The first-order valence-electron chi connectivity index (χ1n) is 15.6. The van der Waals surface area contributed by atoms with Crippen molar-refractivity contribution in [2.75, 3.05) is 0 Å². The highest BCUT2D eigenvalue weighted by Gasteiger charge is 2.81. The van der Waals surface area contributed by atoms with Crippen LogP contribution in [0.5, 0.6) is 0 Å². The predicted octanol–water partition coefficient (Wildman–Crippen LogP) is 6.91. The van der Waals surface area contributed by atoms with Gasteiger partial charge in [0.2, 0.25) is 0 Å². The predicted molar refractivity (Wildman–Crippen MR) is 149 cm³/mol. The fraction of sp³-hybridized carbons (Fsp3) is 0.794. The van der Waals surface area contributed by atoms with Crippen LogP contribution in [0.1, 0.15) is 93.4 Å². The molecular formula is C34H48O5. The second-order valence-electron chi connectivity index (χ2n) is 15.1. The fourth-order valence-electron chi connectivity index (χ4n) is 11.5. The van der Waals surface area contributed by atoms with E-state index in [0.29, 0.717) is 41.9 Å².